The van der Waals surface area contributed by atoms with Crippen LogP contribution in [-0.2, 0) is 20.0 Å². The van der Waals surface area contributed by atoms with E-state index in [-0.39, 0.29) is 11.5 Å². The molecule has 8 heteroatoms. The molecular formula is C22H26N6O2. The minimum Gasteiger partial charge on any atom is -0.352 e. The Bertz CT molecular complexity index is 1190. The lowest BCUT2D eigenvalue weighted by Gasteiger charge is -2.25. The number of nitrogens with zero attached hydrogens (tertiary/aromatic N) is 4. The van der Waals surface area contributed by atoms with Gasteiger partial charge in [0.05, 0.1) is 16.7 Å². The number of aromatic nitrogens is 4. The number of hydrogen-bond donors (Lipinski definition) is 2. The van der Waals surface area contributed by atoms with Crippen LogP contribution in [0.1, 0.15) is 40.8 Å². The van der Waals surface area contributed by atoms with Gasteiger partial charge in [0.1, 0.15) is 0 Å². The molecule has 1 aliphatic rings. The summed E-state index contributed by atoms with van der Waals surface area (Å²) in [5.74, 6) is 0.230. The van der Waals surface area contributed by atoms with Gasteiger partial charge >= 0.3 is 0 Å². The first kappa shape index (κ1) is 20.0. The molecule has 4 rings (SSSR count). The lowest BCUT2D eigenvalue weighted by Crippen LogP contribution is -2.28. The van der Waals surface area contributed by atoms with Crippen LogP contribution >= 0.6 is 0 Å². The van der Waals surface area contributed by atoms with Crippen molar-refractivity contribution in [3.05, 3.63) is 63.6 Å². The number of amides is 1. The second-order valence-corrected chi connectivity index (χ2v) is 7.61. The highest BCUT2D eigenvalue weighted by Crippen LogP contribution is 2.23. The Morgan fingerprint density at radius 2 is 2.17 bits per heavy atom. The van der Waals surface area contributed by atoms with Crippen molar-refractivity contribution in [1.29, 1.82) is 0 Å². The largest absolute Gasteiger partial charge is 0.352 e. The predicted octanol–water partition coefficient (Wildman–Crippen LogP) is 1.87. The summed E-state index contributed by atoms with van der Waals surface area (Å²) < 4.78 is 1.76. The number of nitrogens with one attached hydrogen (secondary N) is 2. The van der Waals surface area contributed by atoms with Crippen LogP contribution in [-0.4, -0.2) is 50.5 Å². The molecule has 0 aliphatic carbocycles. The molecule has 1 amide bonds. The van der Waals surface area contributed by atoms with Gasteiger partial charge in [0.25, 0.3) is 11.5 Å². The molecule has 3 aromatic heterocycles. The van der Waals surface area contributed by atoms with E-state index in [1.807, 2.05) is 38.5 Å². The van der Waals surface area contributed by atoms with Gasteiger partial charge in [0.2, 0.25) is 0 Å². The zero-order valence-corrected chi connectivity index (χ0v) is 17.5. The summed E-state index contributed by atoms with van der Waals surface area (Å²) in [5, 5.41) is 2.62. The summed E-state index contributed by atoms with van der Waals surface area (Å²) in [5.41, 5.74) is 5.39. The molecular weight excluding hydrogens is 380 g/mol. The highest BCUT2D eigenvalue weighted by Gasteiger charge is 2.18. The minimum absolute atomic E-state index is 0.0408. The molecule has 8 nitrogen and oxygen atoms in total. The summed E-state index contributed by atoms with van der Waals surface area (Å²) in [6, 6.07) is 3.88. The van der Waals surface area contributed by atoms with Crippen molar-refractivity contribution < 1.29 is 4.79 Å². The molecule has 156 valence electrons. The summed E-state index contributed by atoms with van der Waals surface area (Å²) in [6.07, 6.45) is 7.51. The van der Waals surface area contributed by atoms with E-state index in [4.69, 9.17) is 0 Å². The van der Waals surface area contributed by atoms with Crippen molar-refractivity contribution in [3.63, 3.8) is 0 Å². The van der Waals surface area contributed by atoms with Gasteiger partial charge in [0, 0.05) is 51.7 Å². The number of hydrogen-bond acceptors (Lipinski definition) is 5. The molecule has 0 saturated carbocycles. The topological polar surface area (TPSA) is 95.9 Å². The van der Waals surface area contributed by atoms with Gasteiger partial charge in [-0.25, -0.2) is 4.98 Å². The van der Waals surface area contributed by atoms with Crippen LogP contribution in [0.3, 0.4) is 0 Å². The lowest BCUT2D eigenvalue weighted by molar-refractivity contribution is 0.0949. The van der Waals surface area contributed by atoms with Crippen LogP contribution in [0.25, 0.3) is 16.6 Å². The van der Waals surface area contributed by atoms with Crippen molar-refractivity contribution in [3.8, 4) is 0 Å². The number of carbonyl (C=O) groups excluding carboxylic acids is 1. The van der Waals surface area contributed by atoms with Crippen LogP contribution in [0.5, 0.6) is 0 Å². The highest BCUT2D eigenvalue weighted by molar-refractivity contribution is 5.91. The molecule has 0 aromatic carbocycles. The van der Waals surface area contributed by atoms with Crippen LogP contribution in [0.2, 0.25) is 0 Å². The standard InChI is InChI=1S/C22H26N6O2/c1-4-15-10-17-18(26-21(15)29)9-14(11-24-17)12-28-7-5-16(6-8-28)19-13-27(3)20(25-19)22(30)23-2/h5,9-11,13H,4,6-8,12H2,1-3H3,(H,23,30)(H,26,29). The molecule has 0 unspecified atom stereocenters. The molecule has 2 N–H and O–H groups in total. The number of imidazole rings is 1. The second kappa shape index (κ2) is 8.23. The van der Waals surface area contributed by atoms with Crippen molar-refractivity contribution in [1.82, 2.24) is 29.7 Å². The normalized spacial score (nSPS) is 14.7. The second-order valence-electron chi connectivity index (χ2n) is 7.61. The fourth-order valence-electron chi connectivity index (χ4n) is 3.81. The maximum atomic E-state index is 12.1. The van der Waals surface area contributed by atoms with Gasteiger partial charge in [0.15, 0.2) is 5.82 Å². The maximum absolute atomic E-state index is 12.1. The summed E-state index contributed by atoms with van der Waals surface area (Å²) >= 11 is 0. The van der Waals surface area contributed by atoms with Gasteiger partial charge in [-0.3, -0.25) is 19.5 Å². The monoisotopic (exact) mass is 406 g/mol. The summed E-state index contributed by atoms with van der Waals surface area (Å²) in [6.45, 7) is 4.41. The van der Waals surface area contributed by atoms with E-state index in [0.29, 0.717) is 12.2 Å². The molecule has 1 aliphatic heterocycles. The van der Waals surface area contributed by atoms with Crippen LogP contribution in [0, 0.1) is 0 Å². The third kappa shape index (κ3) is 3.91. The predicted molar refractivity (Wildman–Crippen MR) is 116 cm³/mol. The van der Waals surface area contributed by atoms with Gasteiger partial charge in [-0.2, -0.15) is 0 Å². The first-order valence-corrected chi connectivity index (χ1v) is 10.2. The smallest absolute Gasteiger partial charge is 0.287 e. The zero-order chi connectivity index (χ0) is 21.3. The Morgan fingerprint density at radius 1 is 1.33 bits per heavy atom. The number of rotatable bonds is 5. The van der Waals surface area contributed by atoms with Gasteiger partial charge in [-0.1, -0.05) is 13.0 Å². The van der Waals surface area contributed by atoms with Crippen LogP contribution in [0.15, 0.2) is 35.4 Å². The minimum atomic E-state index is -0.185. The molecule has 0 radical (unpaired) electrons. The molecule has 3 aromatic rings. The SMILES string of the molecule is CCc1cc2ncc(CN3CC=C(c4cn(C)c(C(=O)NC)n4)CC3)cc2[nH]c1=O. The molecule has 4 heterocycles. The Morgan fingerprint density at radius 3 is 2.87 bits per heavy atom. The molecule has 30 heavy (non-hydrogen) atoms. The molecule has 0 atom stereocenters. The Labute approximate surface area is 174 Å². The third-order valence-electron chi connectivity index (χ3n) is 5.54. The quantitative estimate of drug-likeness (QED) is 0.674. The van der Waals surface area contributed by atoms with E-state index >= 15 is 0 Å². The summed E-state index contributed by atoms with van der Waals surface area (Å²) in [7, 11) is 3.44. The van der Waals surface area contributed by atoms with E-state index < -0.39 is 0 Å². The number of pyridine rings is 2. The van der Waals surface area contributed by atoms with E-state index in [2.05, 4.69) is 31.2 Å². The van der Waals surface area contributed by atoms with Crippen LogP contribution < -0.4 is 10.9 Å². The molecule has 0 saturated heterocycles. The average Bonchev–Trinajstić information content (AvgIpc) is 3.14. The zero-order valence-electron chi connectivity index (χ0n) is 17.5. The number of H-pyrrole nitrogens is 1. The van der Waals surface area contributed by atoms with Crippen LogP contribution in [0.4, 0.5) is 0 Å². The Kier molecular flexibility index (Phi) is 5.50. The van der Waals surface area contributed by atoms with Crippen molar-refractivity contribution in [2.24, 2.45) is 7.05 Å². The fraction of sp³-hybridized carbons (Fsp3) is 0.364. The van der Waals surface area contributed by atoms with E-state index in [0.717, 1.165) is 59.5 Å². The fourth-order valence-corrected chi connectivity index (χ4v) is 3.81. The first-order chi connectivity index (χ1) is 14.5. The molecule has 0 bridgehead atoms. The van der Waals surface area contributed by atoms with Gasteiger partial charge < -0.3 is 14.9 Å². The lowest BCUT2D eigenvalue weighted by atomic mass is 10.0. The first-order valence-electron chi connectivity index (χ1n) is 10.2. The molecule has 0 fully saturated rings. The Hall–Kier alpha value is -3.26. The van der Waals surface area contributed by atoms with E-state index in [1.54, 1.807) is 11.6 Å². The van der Waals surface area contributed by atoms with E-state index in [1.165, 1.54) is 0 Å². The average molecular weight is 406 g/mol. The summed E-state index contributed by atoms with van der Waals surface area (Å²) in [4.78, 5) is 38.3. The van der Waals surface area contributed by atoms with E-state index in [9.17, 15) is 9.59 Å². The highest BCUT2D eigenvalue weighted by atomic mass is 16.2. The molecule has 0 spiro atoms. The number of aromatic amines is 1. The van der Waals surface area contributed by atoms with Crippen molar-refractivity contribution in [2.45, 2.75) is 26.3 Å². The number of carbonyl (C=O) groups is 1. The van der Waals surface area contributed by atoms with Crippen molar-refractivity contribution >= 4 is 22.5 Å². The number of fused-ring (bicyclic) bond motifs is 1. The van der Waals surface area contributed by atoms with Crippen molar-refractivity contribution in [2.75, 3.05) is 20.1 Å². The third-order valence-corrected chi connectivity index (χ3v) is 5.54. The Balaban J connectivity index is 1.47. The number of aryl methyl sites for hydroxylation is 2. The van der Waals surface area contributed by atoms with Gasteiger partial charge in [-0.05, 0) is 36.1 Å². The maximum Gasteiger partial charge on any atom is 0.287 e. The van der Waals surface area contributed by atoms with Gasteiger partial charge in [-0.15, -0.1) is 0 Å².